The summed E-state index contributed by atoms with van der Waals surface area (Å²) in [5.41, 5.74) is 3.07. The highest BCUT2D eigenvalue weighted by Crippen LogP contribution is 2.44. The molecule has 1 aromatic heterocycles. The first kappa shape index (κ1) is 16.0. The van der Waals surface area contributed by atoms with Crippen LogP contribution in [0.2, 0.25) is 0 Å². The van der Waals surface area contributed by atoms with Gasteiger partial charge in [-0.15, -0.1) is 0 Å². The highest BCUT2D eigenvalue weighted by Gasteiger charge is 2.19. The van der Waals surface area contributed by atoms with Crippen molar-refractivity contribution in [1.82, 2.24) is 0 Å². The first-order chi connectivity index (χ1) is 20.4. The molecule has 37 heavy (non-hydrogen) atoms. The Morgan fingerprint density at radius 2 is 1.19 bits per heavy atom. The van der Waals surface area contributed by atoms with Crippen LogP contribution in [0.1, 0.15) is 6.85 Å². The highest BCUT2D eigenvalue weighted by atomic mass is 16.3. The van der Waals surface area contributed by atoms with Crippen molar-refractivity contribution in [2.24, 2.45) is 0 Å². The molecule has 1 heterocycles. The van der Waals surface area contributed by atoms with E-state index in [1.807, 2.05) is 36.4 Å². The normalized spacial score (nSPS) is 13.7. The fourth-order valence-electron chi connectivity index (χ4n) is 5.67. The van der Waals surface area contributed by atoms with E-state index < -0.39 is 6.04 Å². The lowest BCUT2D eigenvalue weighted by atomic mass is 9.88. The molecule has 0 aliphatic carbocycles. The molecular weight excluding hydrogens is 448 g/mol. The molecule has 0 saturated carbocycles. The molecule has 0 aliphatic heterocycles. The van der Waals surface area contributed by atoms with E-state index in [2.05, 4.69) is 60.7 Å². The van der Waals surface area contributed by atoms with E-state index in [-0.39, 0.29) is 29.7 Å². The highest BCUT2D eigenvalue weighted by molar-refractivity contribution is 6.20. The predicted molar refractivity (Wildman–Crippen MR) is 157 cm³/mol. The van der Waals surface area contributed by atoms with Gasteiger partial charge in [-0.3, -0.25) is 0 Å². The van der Waals surface area contributed by atoms with E-state index in [0.717, 1.165) is 65.2 Å². The van der Waals surface area contributed by atoms with Crippen molar-refractivity contribution in [3.8, 4) is 22.3 Å². The van der Waals surface area contributed by atoms with Gasteiger partial charge in [0.25, 0.3) is 0 Å². The molecule has 0 amide bonds. The van der Waals surface area contributed by atoms with Gasteiger partial charge < -0.3 is 4.42 Å². The molecule has 0 unspecified atom stereocenters. The van der Waals surface area contributed by atoms with Crippen LogP contribution in [-0.4, -0.2) is 0 Å². The Kier molecular flexibility index (Phi) is 3.37. The minimum absolute atomic E-state index is 0.173. The summed E-state index contributed by atoms with van der Waals surface area (Å²) in [5, 5.41) is 9.33. The average molecular weight is 476 g/mol. The van der Waals surface area contributed by atoms with Crippen LogP contribution in [0, 0.1) is 0 Å². The third-order valence-electron chi connectivity index (χ3n) is 7.39. The van der Waals surface area contributed by atoms with Crippen molar-refractivity contribution >= 4 is 54.1 Å². The van der Waals surface area contributed by atoms with Gasteiger partial charge >= 0.3 is 0 Å². The summed E-state index contributed by atoms with van der Waals surface area (Å²) in [6, 6.07) is 31.3. The Morgan fingerprint density at radius 1 is 0.486 bits per heavy atom. The minimum atomic E-state index is -0.408. The third-order valence-corrected chi connectivity index (χ3v) is 7.39. The topological polar surface area (TPSA) is 13.1 Å². The summed E-state index contributed by atoms with van der Waals surface area (Å²) in [6.07, 6.45) is 1.74. The molecular formula is C36H22O. The van der Waals surface area contributed by atoms with Crippen LogP contribution in [0.25, 0.3) is 76.3 Å². The first-order valence-corrected chi connectivity index (χ1v) is 12.3. The van der Waals surface area contributed by atoms with Crippen molar-refractivity contribution in [2.75, 3.05) is 0 Å². The lowest BCUT2D eigenvalue weighted by Gasteiger charge is -2.14. The largest absolute Gasteiger partial charge is 0.463 e. The number of furan rings is 1. The van der Waals surface area contributed by atoms with E-state index in [1.54, 1.807) is 6.26 Å². The quantitative estimate of drug-likeness (QED) is 0.179. The summed E-state index contributed by atoms with van der Waals surface area (Å²) >= 11 is 0. The zero-order valence-electron chi connectivity index (χ0n) is 24.7. The Bertz CT molecular complexity index is 2390. The molecule has 0 fully saturated rings. The Morgan fingerprint density at radius 3 is 2.05 bits per heavy atom. The van der Waals surface area contributed by atoms with Crippen molar-refractivity contribution in [1.29, 1.82) is 0 Å². The minimum Gasteiger partial charge on any atom is -0.463 e. The van der Waals surface area contributed by atoms with Crippen LogP contribution in [0.4, 0.5) is 0 Å². The van der Waals surface area contributed by atoms with Crippen LogP contribution < -0.4 is 0 Å². The molecule has 1 nitrogen and oxygen atoms in total. The smallest absolute Gasteiger partial charge is 0.142 e. The van der Waals surface area contributed by atoms with Gasteiger partial charge in [0.05, 0.1) is 13.1 Å². The van der Waals surface area contributed by atoms with Crippen molar-refractivity contribution in [3.63, 3.8) is 0 Å². The van der Waals surface area contributed by atoms with Gasteiger partial charge in [-0.05, 0) is 73.1 Å². The molecule has 0 saturated heterocycles. The summed E-state index contributed by atoms with van der Waals surface area (Å²) in [6.45, 7) is 0. The molecule has 0 bridgehead atoms. The van der Waals surface area contributed by atoms with Gasteiger partial charge in [-0.1, -0.05) is 103 Å². The number of rotatable bonds is 2. The van der Waals surface area contributed by atoms with E-state index >= 15 is 0 Å². The summed E-state index contributed by atoms with van der Waals surface area (Å²) in [5.74, 6) is 0. The first-order valence-electron chi connectivity index (χ1n) is 14.8. The lowest BCUT2D eigenvalue weighted by Crippen LogP contribution is -1.88. The monoisotopic (exact) mass is 475 g/mol. The zero-order valence-corrected chi connectivity index (χ0v) is 19.7. The SMILES string of the molecule is [2H]c1c([2H])c([2H])c(-c2ccc3cc4ccccc4cc3c2-c2coc3c2ccc2c4ccccc4ccc23)c([2H])c1[2H]. The zero-order chi connectivity index (χ0) is 28.7. The second-order valence-corrected chi connectivity index (χ2v) is 9.38. The molecule has 8 aromatic rings. The maximum atomic E-state index is 8.79. The predicted octanol–water partition coefficient (Wildman–Crippen LogP) is 10.4. The number of benzene rings is 7. The fourth-order valence-corrected chi connectivity index (χ4v) is 5.67. The lowest BCUT2D eigenvalue weighted by molar-refractivity contribution is 0.620. The molecule has 0 atom stereocenters. The molecule has 172 valence electrons. The fraction of sp³-hybridized carbons (Fsp3) is 0. The van der Waals surface area contributed by atoms with Gasteiger partial charge in [0.2, 0.25) is 0 Å². The van der Waals surface area contributed by atoms with E-state index in [9.17, 15) is 0 Å². The van der Waals surface area contributed by atoms with Crippen molar-refractivity contribution in [3.05, 3.63) is 134 Å². The standard InChI is InChI=1S/C36H22O/c1-2-8-23(9-3-1)29-16-15-27-20-25-11-4-5-12-26(25)21-33(27)35(29)34-22-37-36-31-17-14-24-10-6-7-13-28(24)30(31)18-19-32(34)36/h1-22H/i1D,2D,3D,8D,9D. The molecule has 0 radical (unpaired) electrons. The summed E-state index contributed by atoms with van der Waals surface area (Å²) < 4.78 is 48.8. The van der Waals surface area contributed by atoms with Crippen LogP contribution in [0.3, 0.4) is 0 Å². The van der Waals surface area contributed by atoms with Crippen molar-refractivity contribution < 1.29 is 11.3 Å². The summed E-state index contributed by atoms with van der Waals surface area (Å²) in [4.78, 5) is 0. The van der Waals surface area contributed by atoms with E-state index in [1.165, 1.54) is 0 Å². The van der Waals surface area contributed by atoms with Crippen LogP contribution in [-0.2, 0) is 0 Å². The van der Waals surface area contributed by atoms with Gasteiger partial charge in [0, 0.05) is 21.9 Å². The molecule has 1 heteroatoms. The van der Waals surface area contributed by atoms with Gasteiger partial charge in [-0.25, -0.2) is 0 Å². The average Bonchev–Trinajstić information content (AvgIpc) is 3.46. The van der Waals surface area contributed by atoms with Crippen molar-refractivity contribution in [2.45, 2.75) is 0 Å². The van der Waals surface area contributed by atoms with Gasteiger partial charge in [0.15, 0.2) is 0 Å². The number of hydrogen-bond acceptors (Lipinski definition) is 1. The van der Waals surface area contributed by atoms with E-state index in [0.29, 0.717) is 5.56 Å². The third kappa shape index (κ3) is 3.04. The molecule has 7 aromatic carbocycles. The van der Waals surface area contributed by atoms with Gasteiger partial charge in [-0.2, -0.15) is 0 Å². The molecule has 0 N–H and O–H groups in total. The second-order valence-electron chi connectivity index (χ2n) is 9.38. The Hall–Kier alpha value is -4.88. The molecule has 8 rings (SSSR count). The summed E-state index contributed by atoms with van der Waals surface area (Å²) in [7, 11) is 0. The maximum absolute atomic E-state index is 8.79. The van der Waals surface area contributed by atoms with E-state index in [4.69, 9.17) is 11.3 Å². The maximum Gasteiger partial charge on any atom is 0.142 e. The number of fused-ring (bicyclic) bond motifs is 7. The van der Waals surface area contributed by atoms with Crippen LogP contribution in [0.15, 0.2) is 138 Å². The second kappa shape index (κ2) is 7.81. The van der Waals surface area contributed by atoms with Crippen LogP contribution in [0.5, 0.6) is 0 Å². The Labute approximate surface area is 221 Å². The van der Waals surface area contributed by atoms with Gasteiger partial charge in [0.1, 0.15) is 5.58 Å². The molecule has 0 spiro atoms. The Balaban J connectivity index is 1.52. The number of hydrogen-bond donors (Lipinski definition) is 0. The molecule has 0 aliphatic rings. The van der Waals surface area contributed by atoms with Crippen LogP contribution >= 0.6 is 0 Å².